The number of hydrogen-bond acceptors (Lipinski definition) is 1. The Kier molecular flexibility index (Phi) is 1.11. The summed E-state index contributed by atoms with van der Waals surface area (Å²) >= 11 is 0. The van der Waals surface area contributed by atoms with Gasteiger partial charge in [-0.25, -0.2) is 0 Å². The van der Waals surface area contributed by atoms with Crippen LogP contribution in [-0.2, 0) is 0 Å². The summed E-state index contributed by atoms with van der Waals surface area (Å²) in [7, 11) is 4.35. The minimum Gasteiger partial charge on any atom is -0.336 e. The van der Waals surface area contributed by atoms with Gasteiger partial charge < -0.3 is 5.32 Å². The summed E-state index contributed by atoms with van der Waals surface area (Å²) < 4.78 is 0.910. The average Bonchev–Trinajstić information content (AvgIpc) is 1.81. The summed E-state index contributed by atoms with van der Waals surface area (Å²) in [6, 6.07) is 0. The predicted molar refractivity (Wildman–Crippen MR) is 38.5 cm³/mol. The highest BCUT2D eigenvalue weighted by molar-refractivity contribution is 4.87. The summed E-state index contributed by atoms with van der Waals surface area (Å²) in [6.07, 6.45) is 4.17. The van der Waals surface area contributed by atoms with Gasteiger partial charge in [0.15, 0.2) is 5.66 Å². The molecular formula is C7H15N2+. The van der Waals surface area contributed by atoms with Gasteiger partial charge >= 0.3 is 0 Å². The molecule has 0 aromatic carbocycles. The molecule has 0 fully saturated rings. The first-order valence-corrected chi connectivity index (χ1v) is 3.25. The summed E-state index contributed by atoms with van der Waals surface area (Å²) in [5, 5.41) is 3.28. The van der Waals surface area contributed by atoms with E-state index in [1.807, 2.05) is 6.20 Å². The fourth-order valence-corrected chi connectivity index (χ4v) is 0.780. The van der Waals surface area contributed by atoms with Crippen LogP contribution in [0.4, 0.5) is 0 Å². The van der Waals surface area contributed by atoms with E-state index in [2.05, 4.69) is 39.5 Å². The Morgan fingerprint density at radius 1 is 1.33 bits per heavy atom. The molecule has 0 unspecified atom stereocenters. The van der Waals surface area contributed by atoms with Crippen molar-refractivity contribution >= 4 is 0 Å². The van der Waals surface area contributed by atoms with E-state index in [0.717, 1.165) is 4.48 Å². The summed E-state index contributed by atoms with van der Waals surface area (Å²) in [6.45, 7) is 4.38. The maximum Gasteiger partial charge on any atom is 0.170 e. The largest absolute Gasteiger partial charge is 0.336 e. The highest BCUT2D eigenvalue weighted by Gasteiger charge is 2.37. The first-order chi connectivity index (χ1) is 3.96. The fraction of sp³-hybridized carbons (Fsp3) is 0.714. The van der Waals surface area contributed by atoms with E-state index < -0.39 is 0 Å². The van der Waals surface area contributed by atoms with E-state index in [9.17, 15) is 0 Å². The van der Waals surface area contributed by atoms with E-state index in [1.54, 1.807) is 0 Å². The van der Waals surface area contributed by atoms with Gasteiger partial charge in [-0.3, -0.25) is 4.48 Å². The summed E-state index contributed by atoms with van der Waals surface area (Å²) in [4.78, 5) is 0. The van der Waals surface area contributed by atoms with Crippen LogP contribution in [0, 0.1) is 0 Å². The molecule has 0 aliphatic carbocycles. The minimum absolute atomic E-state index is 0.167. The second-order valence-electron chi connectivity index (χ2n) is 3.56. The SMILES string of the molecule is CC1(C)NC=C[N+]1(C)C. The highest BCUT2D eigenvalue weighted by atomic mass is 15.5. The molecule has 9 heavy (non-hydrogen) atoms. The molecule has 1 N–H and O–H groups in total. The second kappa shape index (κ2) is 1.51. The molecule has 1 aliphatic rings. The lowest BCUT2D eigenvalue weighted by Gasteiger charge is -2.36. The van der Waals surface area contributed by atoms with Crippen LogP contribution in [0.15, 0.2) is 12.4 Å². The van der Waals surface area contributed by atoms with Crippen molar-refractivity contribution in [2.45, 2.75) is 19.5 Å². The Morgan fingerprint density at radius 3 is 2.00 bits per heavy atom. The predicted octanol–water partition coefficient (Wildman–Crippen LogP) is 0.873. The van der Waals surface area contributed by atoms with E-state index in [-0.39, 0.29) is 5.66 Å². The van der Waals surface area contributed by atoms with Crippen molar-refractivity contribution in [2.24, 2.45) is 0 Å². The molecule has 0 spiro atoms. The normalized spacial score (nSPS) is 28.0. The molecule has 0 aromatic heterocycles. The molecule has 0 bridgehead atoms. The first kappa shape index (κ1) is 6.62. The Morgan fingerprint density at radius 2 is 1.89 bits per heavy atom. The van der Waals surface area contributed by atoms with Gasteiger partial charge in [-0.15, -0.1) is 0 Å². The van der Waals surface area contributed by atoms with E-state index in [0.29, 0.717) is 0 Å². The average molecular weight is 127 g/mol. The van der Waals surface area contributed by atoms with Crippen molar-refractivity contribution in [1.82, 2.24) is 5.32 Å². The quantitative estimate of drug-likeness (QED) is 0.476. The zero-order valence-corrected chi connectivity index (χ0v) is 6.60. The monoisotopic (exact) mass is 127 g/mol. The number of rotatable bonds is 0. The zero-order valence-electron chi connectivity index (χ0n) is 6.60. The van der Waals surface area contributed by atoms with Crippen LogP contribution < -0.4 is 5.32 Å². The summed E-state index contributed by atoms with van der Waals surface area (Å²) in [5.74, 6) is 0. The molecule has 0 saturated heterocycles. The first-order valence-electron chi connectivity index (χ1n) is 3.25. The van der Waals surface area contributed by atoms with Crippen LogP contribution in [0.2, 0.25) is 0 Å². The third kappa shape index (κ3) is 0.833. The molecule has 1 aliphatic heterocycles. The van der Waals surface area contributed by atoms with Crippen LogP contribution >= 0.6 is 0 Å². The van der Waals surface area contributed by atoms with Crippen molar-refractivity contribution in [2.75, 3.05) is 14.1 Å². The molecular weight excluding hydrogens is 112 g/mol. The lowest BCUT2D eigenvalue weighted by molar-refractivity contribution is -0.886. The Labute approximate surface area is 56.8 Å². The molecule has 2 heteroatoms. The Hall–Kier alpha value is -0.500. The number of hydrogen-bond donors (Lipinski definition) is 1. The maximum atomic E-state index is 3.28. The molecule has 1 heterocycles. The van der Waals surface area contributed by atoms with Crippen LogP contribution in [0.1, 0.15) is 13.8 Å². The lowest BCUT2D eigenvalue weighted by Crippen LogP contribution is -2.55. The molecule has 0 saturated carbocycles. The number of nitrogens with zero attached hydrogens (tertiary/aromatic N) is 1. The smallest absolute Gasteiger partial charge is 0.170 e. The fourth-order valence-electron chi connectivity index (χ4n) is 0.780. The van der Waals surface area contributed by atoms with Gasteiger partial charge in [0.05, 0.1) is 20.3 Å². The van der Waals surface area contributed by atoms with Crippen molar-refractivity contribution in [3.05, 3.63) is 12.4 Å². The number of quaternary nitrogens is 1. The van der Waals surface area contributed by atoms with Crippen LogP contribution in [0.5, 0.6) is 0 Å². The van der Waals surface area contributed by atoms with Gasteiger partial charge in [0.2, 0.25) is 0 Å². The topological polar surface area (TPSA) is 12.0 Å². The van der Waals surface area contributed by atoms with Crippen LogP contribution in [0.25, 0.3) is 0 Å². The molecule has 0 radical (unpaired) electrons. The van der Waals surface area contributed by atoms with Crippen molar-refractivity contribution in [3.8, 4) is 0 Å². The van der Waals surface area contributed by atoms with Gasteiger partial charge in [0, 0.05) is 13.8 Å². The van der Waals surface area contributed by atoms with Crippen molar-refractivity contribution < 1.29 is 4.48 Å². The van der Waals surface area contributed by atoms with Crippen LogP contribution in [0.3, 0.4) is 0 Å². The van der Waals surface area contributed by atoms with E-state index in [1.165, 1.54) is 0 Å². The standard InChI is InChI=1S/C7H15N2/c1-7(2)8-5-6-9(7,3)4/h5-6,8H,1-4H3/q+1. The highest BCUT2D eigenvalue weighted by Crippen LogP contribution is 2.21. The third-order valence-corrected chi connectivity index (χ3v) is 2.32. The molecule has 52 valence electrons. The Balaban J connectivity index is 2.84. The van der Waals surface area contributed by atoms with E-state index >= 15 is 0 Å². The molecule has 0 amide bonds. The zero-order chi connectivity index (χ0) is 7.12. The van der Waals surface area contributed by atoms with Gasteiger partial charge in [0.1, 0.15) is 6.20 Å². The lowest BCUT2D eigenvalue weighted by atomic mass is 10.2. The van der Waals surface area contributed by atoms with E-state index in [4.69, 9.17) is 0 Å². The second-order valence-corrected chi connectivity index (χ2v) is 3.56. The summed E-state index contributed by atoms with van der Waals surface area (Å²) in [5.41, 5.74) is 0.167. The van der Waals surface area contributed by atoms with Gasteiger partial charge in [-0.2, -0.15) is 0 Å². The molecule has 1 rings (SSSR count). The molecule has 0 atom stereocenters. The van der Waals surface area contributed by atoms with Gasteiger partial charge in [-0.05, 0) is 0 Å². The molecule has 2 nitrogen and oxygen atoms in total. The minimum atomic E-state index is 0.167. The number of nitrogens with one attached hydrogen (secondary N) is 1. The van der Waals surface area contributed by atoms with Crippen molar-refractivity contribution in [1.29, 1.82) is 0 Å². The van der Waals surface area contributed by atoms with Crippen molar-refractivity contribution in [3.63, 3.8) is 0 Å². The Bertz CT molecular complexity index is 145. The molecule has 0 aromatic rings. The van der Waals surface area contributed by atoms with Gasteiger partial charge in [0.25, 0.3) is 0 Å². The van der Waals surface area contributed by atoms with Crippen LogP contribution in [-0.4, -0.2) is 24.2 Å². The van der Waals surface area contributed by atoms with Gasteiger partial charge in [-0.1, -0.05) is 0 Å². The maximum absolute atomic E-state index is 3.28. The third-order valence-electron chi connectivity index (χ3n) is 2.32.